The van der Waals surface area contributed by atoms with Gasteiger partial charge in [0, 0.05) is 44.5 Å². The normalized spacial score (nSPS) is 24.9. The van der Waals surface area contributed by atoms with Gasteiger partial charge in [0.05, 0.1) is 9.75 Å². The van der Waals surface area contributed by atoms with E-state index in [2.05, 4.69) is 105 Å². The molecule has 6 heteroatoms. The van der Waals surface area contributed by atoms with E-state index in [4.69, 9.17) is 0 Å². The molecule has 0 amide bonds. The van der Waals surface area contributed by atoms with E-state index in [1.54, 1.807) is 0 Å². The maximum atomic E-state index is 13.5. The summed E-state index contributed by atoms with van der Waals surface area (Å²) in [4.78, 5) is 28.7. The third kappa shape index (κ3) is 4.79. The molecule has 0 N–H and O–H groups in total. The minimum atomic E-state index is -0.0599. The first-order valence-electron chi connectivity index (χ1n) is 13.3. The van der Waals surface area contributed by atoms with Crippen LogP contribution in [-0.2, 0) is 0 Å². The van der Waals surface area contributed by atoms with Crippen molar-refractivity contribution in [2.75, 3.05) is 0 Å². The standard InChI is InChI=1S/C34H24Br2O2S2/c35-23-13-9-21(10-14-23)29-27(31(29)33(37)25-3-1-17-39-25)19-5-7-20(8-6-19)28-30(22-11-15-24(36)16-12-22)32(28)34(38)26-4-2-18-40-26/h1-18,27-32H. The van der Waals surface area contributed by atoms with Crippen molar-refractivity contribution in [1.82, 2.24) is 0 Å². The van der Waals surface area contributed by atoms with Crippen LogP contribution in [0.3, 0.4) is 0 Å². The highest BCUT2D eigenvalue weighted by Gasteiger charge is 2.57. The molecule has 2 aliphatic rings. The molecular formula is C34H24Br2O2S2. The number of thiophene rings is 2. The summed E-state index contributed by atoms with van der Waals surface area (Å²) in [6.07, 6.45) is 0. The Labute approximate surface area is 258 Å². The lowest BCUT2D eigenvalue weighted by molar-refractivity contribution is 0.0959. The van der Waals surface area contributed by atoms with Crippen LogP contribution in [-0.4, -0.2) is 11.6 Å². The van der Waals surface area contributed by atoms with E-state index in [1.165, 1.54) is 44.9 Å². The highest BCUT2D eigenvalue weighted by molar-refractivity contribution is 9.10. The summed E-state index contributed by atoms with van der Waals surface area (Å²) in [7, 11) is 0. The number of benzene rings is 3. The van der Waals surface area contributed by atoms with E-state index in [1.807, 2.05) is 35.0 Å². The predicted octanol–water partition coefficient (Wildman–Crippen LogP) is 10.1. The van der Waals surface area contributed by atoms with Crippen LogP contribution in [0.1, 0.15) is 65.3 Å². The summed E-state index contributed by atoms with van der Waals surface area (Å²) in [5, 5.41) is 3.94. The van der Waals surface area contributed by atoms with Crippen LogP contribution in [0.15, 0.2) is 117 Å². The molecule has 2 nitrogen and oxygen atoms in total. The molecule has 2 saturated carbocycles. The number of Topliss-reactive ketones (excluding diaryl/α,β-unsaturated/α-hetero) is 2. The molecule has 2 heterocycles. The predicted molar refractivity (Wildman–Crippen MR) is 170 cm³/mol. The molecule has 40 heavy (non-hydrogen) atoms. The van der Waals surface area contributed by atoms with Gasteiger partial charge in [-0.05, 0) is 69.4 Å². The molecule has 0 bridgehead atoms. The van der Waals surface area contributed by atoms with Crippen molar-refractivity contribution in [3.63, 3.8) is 0 Å². The van der Waals surface area contributed by atoms with E-state index in [9.17, 15) is 9.59 Å². The molecule has 0 radical (unpaired) electrons. The molecule has 0 spiro atoms. The molecule has 2 aliphatic carbocycles. The number of ketones is 2. The fraction of sp³-hybridized carbons (Fsp3) is 0.176. The van der Waals surface area contributed by atoms with Gasteiger partial charge in [0.25, 0.3) is 0 Å². The first-order chi connectivity index (χ1) is 19.5. The fourth-order valence-corrected chi connectivity index (χ4v) is 8.36. The monoisotopic (exact) mass is 686 g/mol. The van der Waals surface area contributed by atoms with Gasteiger partial charge in [-0.25, -0.2) is 0 Å². The molecule has 2 fully saturated rings. The number of hydrogen-bond donors (Lipinski definition) is 0. The fourth-order valence-electron chi connectivity index (χ4n) is 6.41. The maximum absolute atomic E-state index is 13.5. The summed E-state index contributed by atoms with van der Waals surface area (Å²) < 4.78 is 2.07. The molecule has 3 aromatic carbocycles. The van der Waals surface area contributed by atoms with Crippen LogP contribution in [0.25, 0.3) is 0 Å². The van der Waals surface area contributed by atoms with Crippen molar-refractivity contribution < 1.29 is 9.59 Å². The van der Waals surface area contributed by atoms with E-state index < -0.39 is 0 Å². The van der Waals surface area contributed by atoms with Crippen molar-refractivity contribution in [3.8, 4) is 0 Å². The van der Waals surface area contributed by atoms with Crippen molar-refractivity contribution in [3.05, 3.63) is 149 Å². The van der Waals surface area contributed by atoms with E-state index in [-0.39, 0.29) is 47.1 Å². The zero-order valence-corrected chi connectivity index (χ0v) is 26.1. The van der Waals surface area contributed by atoms with E-state index in [0.717, 1.165) is 18.7 Å². The van der Waals surface area contributed by atoms with Crippen LogP contribution in [0, 0.1) is 11.8 Å². The topological polar surface area (TPSA) is 34.1 Å². The van der Waals surface area contributed by atoms with Gasteiger partial charge in [0.2, 0.25) is 0 Å². The zero-order chi connectivity index (χ0) is 27.4. The number of halogens is 2. The van der Waals surface area contributed by atoms with Crippen LogP contribution in [0.2, 0.25) is 0 Å². The number of rotatable bonds is 8. The Hall–Kier alpha value is -2.64. The van der Waals surface area contributed by atoms with Gasteiger partial charge >= 0.3 is 0 Å². The Balaban J connectivity index is 1.19. The Bertz CT molecular complexity index is 1530. The highest BCUT2D eigenvalue weighted by atomic mass is 79.9. The molecule has 5 aromatic rings. The maximum Gasteiger partial charge on any atom is 0.177 e. The third-order valence-electron chi connectivity index (χ3n) is 8.39. The average molecular weight is 689 g/mol. The summed E-state index contributed by atoms with van der Waals surface area (Å²) >= 11 is 10.1. The van der Waals surface area contributed by atoms with Gasteiger partial charge in [-0.15, -0.1) is 22.7 Å². The molecule has 2 aromatic heterocycles. The molecule has 6 atom stereocenters. The lowest BCUT2D eigenvalue weighted by Gasteiger charge is -2.05. The smallest absolute Gasteiger partial charge is 0.177 e. The van der Waals surface area contributed by atoms with Crippen molar-refractivity contribution in [2.45, 2.75) is 23.7 Å². The van der Waals surface area contributed by atoms with E-state index >= 15 is 0 Å². The lowest BCUT2D eigenvalue weighted by Crippen LogP contribution is -2.02. The Kier molecular flexibility index (Phi) is 6.99. The van der Waals surface area contributed by atoms with Crippen molar-refractivity contribution in [2.24, 2.45) is 11.8 Å². The summed E-state index contributed by atoms with van der Waals surface area (Å²) in [5.41, 5.74) is 4.78. The molecule has 0 aliphatic heterocycles. The van der Waals surface area contributed by atoms with Gasteiger partial charge in [0.15, 0.2) is 11.6 Å². The minimum absolute atomic E-state index is 0.0599. The second-order valence-electron chi connectivity index (χ2n) is 10.6. The van der Waals surface area contributed by atoms with Crippen molar-refractivity contribution >= 4 is 66.1 Å². The Morgan fingerprint density at radius 3 is 1.05 bits per heavy atom. The number of carbonyl (C=O) groups is 2. The van der Waals surface area contributed by atoms with Crippen LogP contribution in [0.5, 0.6) is 0 Å². The molecule has 0 saturated heterocycles. The van der Waals surface area contributed by atoms with Gasteiger partial charge in [0.1, 0.15) is 0 Å². The largest absolute Gasteiger partial charge is 0.293 e. The van der Waals surface area contributed by atoms with Gasteiger partial charge in [-0.3, -0.25) is 9.59 Å². The molecule has 198 valence electrons. The van der Waals surface area contributed by atoms with Crippen molar-refractivity contribution in [1.29, 1.82) is 0 Å². The molecular weight excluding hydrogens is 664 g/mol. The first-order valence-corrected chi connectivity index (χ1v) is 16.6. The second-order valence-corrected chi connectivity index (χ2v) is 14.3. The van der Waals surface area contributed by atoms with Crippen LogP contribution < -0.4 is 0 Å². The summed E-state index contributed by atoms with van der Waals surface area (Å²) in [6.45, 7) is 0. The summed E-state index contributed by atoms with van der Waals surface area (Å²) in [6, 6.07) is 33.3. The van der Waals surface area contributed by atoms with Gasteiger partial charge < -0.3 is 0 Å². The lowest BCUT2D eigenvalue weighted by atomic mass is 9.99. The highest BCUT2D eigenvalue weighted by Crippen LogP contribution is 2.64. The van der Waals surface area contributed by atoms with E-state index in [0.29, 0.717) is 0 Å². The molecule has 6 unspecified atom stereocenters. The zero-order valence-electron chi connectivity index (χ0n) is 21.2. The SMILES string of the molecule is O=C(c1cccs1)C1C(c2ccc(Br)cc2)C1c1ccc(C2C(C(=O)c3cccs3)C2c2ccc(Br)cc2)cc1. The average Bonchev–Trinajstić information content (AvgIpc) is 3.68. The quantitative estimate of drug-likeness (QED) is 0.152. The number of hydrogen-bond acceptors (Lipinski definition) is 4. The number of carbonyl (C=O) groups excluding carboxylic acids is 2. The first kappa shape index (κ1) is 26.3. The Morgan fingerprint density at radius 1 is 0.475 bits per heavy atom. The summed E-state index contributed by atoms with van der Waals surface area (Å²) in [5.74, 6) is 0.971. The Morgan fingerprint density at radius 2 is 0.775 bits per heavy atom. The van der Waals surface area contributed by atoms with Gasteiger partial charge in [-0.1, -0.05) is 92.5 Å². The van der Waals surface area contributed by atoms with Gasteiger partial charge in [-0.2, -0.15) is 0 Å². The van der Waals surface area contributed by atoms with Crippen LogP contribution >= 0.6 is 54.5 Å². The third-order valence-corrected chi connectivity index (χ3v) is 11.2. The second kappa shape index (κ2) is 10.6. The minimum Gasteiger partial charge on any atom is -0.293 e. The van der Waals surface area contributed by atoms with Crippen LogP contribution in [0.4, 0.5) is 0 Å². The molecule has 7 rings (SSSR count).